The molecule has 0 atom stereocenters. The summed E-state index contributed by atoms with van der Waals surface area (Å²) in [6, 6.07) is 31.6. The van der Waals surface area contributed by atoms with Crippen LogP contribution >= 0.6 is 0 Å². The van der Waals surface area contributed by atoms with E-state index in [9.17, 15) is 9.59 Å². The Labute approximate surface area is 223 Å². The first-order valence-electron chi connectivity index (χ1n) is 12.4. The Hall–Kier alpha value is -4.71. The molecule has 0 saturated carbocycles. The van der Waals surface area contributed by atoms with Crippen molar-refractivity contribution in [3.8, 4) is 5.75 Å². The normalized spacial score (nSPS) is 11.2. The Morgan fingerprint density at radius 3 is 2.13 bits per heavy atom. The number of amides is 2. The Balaban J connectivity index is 1.29. The van der Waals surface area contributed by atoms with Crippen molar-refractivity contribution in [2.24, 2.45) is 5.10 Å². The molecular weight excluding hydrogens is 474 g/mol. The van der Waals surface area contributed by atoms with E-state index in [0.29, 0.717) is 29.2 Å². The largest absolute Gasteiger partial charge is 0.489 e. The number of ether oxygens (including phenoxy) is 1. The van der Waals surface area contributed by atoms with Crippen LogP contribution in [0, 0.1) is 0 Å². The molecular formula is C32H31N3O3. The van der Waals surface area contributed by atoms with E-state index in [0.717, 1.165) is 16.7 Å². The van der Waals surface area contributed by atoms with Crippen LogP contribution in [0.3, 0.4) is 0 Å². The van der Waals surface area contributed by atoms with Crippen LogP contribution in [-0.2, 0) is 12.0 Å². The van der Waals surface area contributed by atoms with E-state index < -0.39 is 0 Å². The summed E-state index contributed by atoms with van der Waals surface area (Å²) in [4.78, 5) is 25.1. The van der Waals surface area contributed by atoms with Crippen LogP contribution in [0.5, 0.6) is 5.75 Å². The molecule has 0 fully saturated rings. The fraction of sp³-hybridized carbons (Fsp3) is 0.156. The minimum atomic E-state index is -0.353. The third-order valence-electron chi connectivity index (χ3n) is 5.90. The van der Waals surface area contributed by atoms with Gasteiger partial charge in [-0.3, -0.25) is 9.59 Å². The molecule has 6 heteroatoms. The van der Waals surface area contributed by atoms with Crippen molar-refractivity contribution in [1.29, 1.82) is 0 Å². The molecule has 38 heavy (non-hydrogen) atoms. The van der Waals surface area contributed by atoms with Crippen molar-refractivity contribution in [3.05, 3.63) is 131 Å². The second-order valence-corrected chi connectivity index (χ2v) is 9.90. The van der Waals surface area contributed by atoms with Crippen LogP contribution in [0.4, 0.5) is 5.69 Å². The van der Waals surface area contributed by atoms with E-state index in [-0.39, 0.29) is 17.2 Å². The lowest BCUT2D eigenvalue weighted by Gasteiger charge is -2.19. The number of carbonyl (C=O) groups excluding carboxylic acids is 2. The zero-order valence-electron chi connectivity index (χ0n) is 21.8. The molecule has 4 aromatic carbocycles. The first kappa shape index (κ1) is 26.4. The quantitative estimate of drug-likeness (QED) is 0.210. The minimum absolute atomic E-state index is 0.0242. The van der Waals surface area contributed by atoms with Gasteiger partial charge in [-0.2, -0.15) is 5.10 Å². The lowest BCUT2D eigenvalue weighted by Crippen LogP contribution is -2.18. The molecule has 0 unspecified atom stereocenters. The zero-order chi connectivity index (χ0) is 27.0. The summed E-state index contributed by atoms with van der Waals surface area (Å²) in [5.74, 6) is 0.155. The predicted molar refractivity (Wildman–Crippen MR) is 152 cm³/mol. The SMILES string of the molecule is CC(C)(C)c1ccc(C(=O)Nc2ccc(C(=O)N/N=C/c3cccc(OCc4ccccc4)c3)cc2)cc1. The van der Waals surface area contributed by atoms with Crippen LogP contribution in [0.2, 0.25) is 0 Å². The van der Waals surface area contributed by atoms with E-state index >= 15 is 0 Å². The fourth-order valence-corrected chi connectivity index (χ4v) is 3.69. The van der Waals surface area contributed by atoms with E-state index in [2.05, 4.69) is 36.6 Å². The number of hydrogen-bond donors (Lipinski definition) is 2. The molecule has 192 valence electrons. The molecule has 2 amide bonds. The van der Waals surface area contributed by atoms with Crippen molar-refractivity contribution in [3.63, 3.8) is 0 Å². The number of anilines is 1. The highest BCUT2D eigenvalue weighted by molar-refractivity contribution is 6.04. The Kier molecular flexibility index (Phi) is 8.34. The van der Waals surface area contributed by atoms with Crippen LogP contribution in [0.25, 0.3) is 0 Å². The van der Waals surface area contributed by atoms with Gasteiger partial charge in [0.2, 0.25) is 0 Å². The summed E-state index contributed by atoms with van der Waals surface area (Å²) in [7, 11) is 0. The van der Waals surface area contributed by atoms with Gasteiger partial charge in [-0.15, -0.1) is 0 Å². The maximum Gasteiger partial charge on any atom is 0.271 e. The Morgan fingerprint density at radius 1 is 0.789 bits per heavy atom. The molecule has 0 radical (unpaired) electrons. The number of rotatable bonds is 8. The lowest BCUT2D eigenvalue weighted by atomic mass is 9.87. The van der Waals surface area contributed by atoms with Crippen molar-refractivity contribution in [2.45, 2.75) is 32.8 Å². The average molecular weight is 506 g/mol. The summed E-state index contributed by atoms with van der Waals surface area (Å²) in [5.41, 5.74) is 7.19. The topological polar surface area (TPSA) is 79.8 Å². The number of nitrogens with zero attached hydrogens (tertiary/aromatic N) is 1. The molecule has 0 heterocycles. The third-order valence-corrected chi connectivity index (χ3v) is 5.90. The number of hydrogen-bond acceptors (Lipinski definition) is 4. The van der Waals surface area contributed by atoms with Crippen LogP contribution < -0.4 is 15.5 Å². The van der Waals surface area contributed by atoms with Crippen molar-refractivity contribution in [2.75, 3.05) is 5.32 Å². The number of benzene rings is 4. The zero-order valence-corrected chi connectivity index (χ0v) is 21.8. The van der Waals surface area contributed by atoms with Crippen molar-refractivity contribution >= 4 is 23.7 Å². The maximum absolute atomic E-state index is 12.6. The molecule has 0 aromatic heterocycles. The molecule has 0 aliphatic rings. The molecule has 4 aromatic rings. The molecule has 6 nitrogen and oxygen atoms in total. The summed E-state index contributed by atoms with van der Waals surface area (Å²) in [6.45, 7) is 6.86. The standard InChI is InChI=1S/C32H31N3O3/c1-32(2,3)27-16-12-25(13-17-27)30(36)34-28-18-14-26(15-19-28)31(37)35-33-21-24-10-7-11-29(20-24)38-22-23-8-5-4-6-9-23/h4-21H,22H2,1-3H3,(H,34,36)(H,35,37)/b33-21+. The second kappa shape index (κ2) is 12.0. The number of carbonyl (C=O) groups is 2. The summed E-state index contributed by atoms with van der Waals surface area (Å²) >= 11 is 0. The number of nitrogens with one attached hydrogen (secondary N) is 2. The molecule has 2 N–H and O–H groups in total. The van der Waals surface area contributed by atoms with E-state index in [1.807, 2.05) is 78.9 Å². The lowest BCUT2D eigenvalue weighted by molar-refractivity contribution is 0.0954. The van der Waals surface area contributed by atoms with E-state index in [1.54, 1.807) is 30.5 Å². The van der Waals surface area contributed by atoms with Gasteiger partial charge in [0.1, 0.15) is 12.4 Å². The first-order valence-corrected chi connectivity index (χ1v) is 12.4. The highest BCUT2D eigenvalue weighted by Gasteiger charge is 2.14. The van der Waals surface area contributed by atoms with Gasteiger partial charge >= 0.3 is 0 Å². The summed E-state index contributed by atoms with van der Waals surface area (Å²) in [5, 5.41) is 6.92. The molecule has 0 aliphatic carbocycles. The van der Waals surface area contributed by atoms with Gasteiger partial charge in [-0.25, -0.2) is 5.43 Å². The van der Waals surface area contributed by atoms with Gasteiger partial charge in [0.25, 0.3) is 11.8 Å². The van der Waals surface area contributed by atoms with Crippen molar-refractivity contribution in [1.82, 2.24) is 5.43 Å². The van der Waals surface area contributed by atoms with Gasteiger partial charge in [-0.05, 0) is 70.6 Å². The molecule has 4 rings (SSSR count). The van der Waals surface area contributed by atoms with Gasteiger partial charge in [-0.1, -0.05) is 75.4 Å². The summed E-state index contributed by atoms with van der Waals surface area (Å²) < 4.78 is 5.84. The van der Waals surface area contributed by atoms with E-state index in [1.165, 1.54) is 0 Å². The highest BCUT2D eigenvalue weighted by Crippen LogP contribution is 2.22. The highest BCUT2D eigenvalue weighted by atomic mass is 16.5. The van der Waals surface area contributed by atoms with Gasteiger partial charge in [0.05, 0.1) is 6.21 Å². The van der Waals surface area contributed by atoms with Gasteiger partial charge in [0.15, 0.2) is 0 Å². The smallest absolute Gasteiger partial charge is 0.271 e. The first-order chi connectivity index (χ1) is 18.3. The fourth-order valence-electron chi connectivity index (χ4n) is 3.69. The molecule has 0 saturated heterocycles. The van der Waals surface area contributed by atoms with Gasteiger partial charge < -0.3 is 10.1 Å². The Morgan fingerprint density at radius 2 is 1.45 bits per heavy atom. The third kappa shape index (κ3) is 7.40. The monoisotopic (exact) mass is 505 g/mol. The van der Waals surface area contributed by atoms with Crippen LogP contribution in [0.1, 0.15) is 58.2 Å². The number of hydrazone groups is 1. The van der Waals surface area contributed by atoms with Gasteiger partial charge in [0, 0.05) is 16.8 Å². The molecule has 0 aliphatic heterocycles. The van der Waals surface area contributed by atoms with Crippen LogP contribution in [0.15, 0.2) is 108 Å². The molecule has 0 bridgehead atoms. The average Bonchev–Trinajstić information content (AvgIpc) is 2.92. The van der Waals surface area contributed by atoms with Crippen LogP contribution in [-0.4, -0.2) is 18.0 Å². The van der Waals surface area contributed by atoms with Crippen molar-refractivity contribution < 1.29 is 14.3 Å². The Bertz CT molecular complexity index is 1410. The predicted octanol–water partition coefficient (Wildman–Crippen LogP) is 6.58. The maximum atomic E-state index is 12.6. The second-order valence-electron chi connectivity index (χ2n) is 9.90. The summed E-state index contributed by atoms with van der Waals surface area (Å²) in [6.07, 6.45) is 1.56. The van der Waals surface area contributed by atoms with E-state index in [4.69, 9.17) is 4.74 Å². The molecule has 0 spiro atoms. The minimum Gasteiger partial charge on any atom is -0.489 e.